The molecule has 0 radical (unpaired) electrons. The lowest BCUT2D eigenvalue weighted by atomic mass is 9.68. The van der Waals surface area contributed by atoms with Crippen LogP contribution in [0.25, 0.3) is 0 Å². The quantitative estimate of drug-likeness (QED) is 0.495. The molecule has 0 bridgehead atoms. The summed E-state index contributed by atoms with van der Waals surface area (Å²) in [5, 5.41) is 21.7. The number of hydrogen-bond donors (Lipinski definition) is 2. The van der Waals surface area contributed by atoms with Gasteiger partial charge >= 0.3 is 0 Å². The molecule has 2 aromatic carbocycles. The molecule has 2 aromatic rings. The largest absolute Gasteiger partial charge is 0.508 e. The summed E-state index contributed by atoms with van der Waals surface area (Å²) in [4.78, 5) is 0. The first-order valence-electron chi connectivity index (χ1n) is 13.0. The van der Waals surface area contributed by atoms with E-state index in [1.54, 1.807) is 0 Å². The summed E-state index contributed by atoms with van der Waals surface area (Å²) in [6, 6.07) is 8.67. The summed E-state index contributed by atoms with van der Waals surface area (Å²) in [7, 11) is 0. The van der Waals surface area contributed by atoms with Crippen LogP contribution in [0.5, 0.6) is 11.5 Å². The van der Waals surface area contributed by atoms with E-state index in [-0.39, 0.29) is 5.41 Å². The van der Waals surface area contributed by atoms with Crippen molar-refractivity contribution in [3.63, 3.8) is 0 Å². The van der Waals surface area contributed by atoms with Crippen LogP contribution in [0.1, 0.15) is 130 Å². The average molecular weight is 435 g/mol. The van der Waals surface area contributed by atoms with Crippen LogP contribution in [-0.4, -0.2) is 10.2 Å². The molecule has 0 amide bonds. The number of hydrogen-bond acceptors (Lipinski definition) is 2. The molecule has 2 heteroatoms. The maximum Gasteiger partial charge on any atom is 0.119 e. The first-order chi connectivity index (χ1) is 15.3. The summed E-state index contributed by atoms with van der Waals surface area (Å²) < 4.78 is 0. The standard InChI is InChI=1S/C30H42O2/c1-5-30(4,26-18-24(28(31)16-20(26)2)22-12-8-6-9-13-22)27-19-25(29(32)17-21(27)3)23-14-10-7-11-15-23/h16-19,22-23,31-32H,5-15H2,1-4H3. The maximum atomic E-state index is 10.8. The van der Waals surface area contributed by atoms with E-state index in [2.05, 4.69) is 39.8 Å². The number of benzene rings is 2. The van der Waals surface area contributed by atoms with Crippen molar-refractivity contribution >= 4 is 0 Å². The lowest BCUT2D eigenvalue weighted by Crippen LogP contribution is -2.26. The first-order valence-corrected chi connectivity index (χ1v) is 13.0. The van der Waals surface area contributed by atoms with Crippen molar-refractivity contribution in [2.75, 3.05) is 0 Å². The Morgan fingerprint density at radius 2 is 1.06 bits per heavy atom. The van der Waals surface area contributed by atoms with Gasteiger partial charge < -0.3 is 10.2 Å². The summed E-state index contributed by atoms with van der Waals surface area (Å²) in [6.45, 7) is 8.93. The topological polar surface area (TPSA) is 40.5 Å². The summed E-state index contributed by atoms with van der Waals surface area (Å²) in [5.41, 5.74) is 7.14. The van der Waals surface area contributed by atoms with Gasteiger partial charge in [-0.2, -0.15) is 0 Å². The minimum Gasteiger partial charge on any atom is -0.508 e. The minimum absolute atomic E-state index is 0.150. The van der Waals surface area contributed by atoms with E-state index >= 15 is 0 Å². The van der Waals surface area contributed by atoms with Crippen molar-refractivity contribution in [3.8, 4) is 11.5 Å². The number of aryl methyl sites for hydroxylation is 2. The van der Waals surface area contributed by atoms with Gasteiger partial charge in [-0.15, -0.1) is 0 Å². The number of phenolic OH excluding ortho intramolecular Hbond substituents is 2. The van der Waals surface area contributed by atoms with Crippen molar-refractivity contribution in [1.82, 2.24) is 0 Å². The molecule has 0 spiro atoms. The zero-order valence-corrected chi connectivity index (χ0v) is 20.6. The first kappa shape index (κ1) is 23.2. The second-order valence-electron chi connectivity index (χ2n) is 10.8. The van der Waals surface area contributed by atoms with Crippen LogP contribution >= 0.6 is 0 Å². The molecule has 2 aliphatic rings. The molecule has 0 unspecified atom stereocenters. The van der Waals surface area contributed by atoms with Crippen LogP contribution in [0.3, 0.4) is 0 Å². The minimum atomic E-state index is -0.150. The molecule has 2 aliphatic carbocycles. The molecule has 0 heterocycles. The van der Waals surface area contributed by atoms with Gasteiger partial charge in [0, 0.05) is 5.41 Å². The molecule has 0 aromatic heterocycles. The van der Waals surface area contributed by atoms with Gasteiger partial charge in [0.1, 0.15) is 11.5 Å². The Kier molecular flexibility index (Phi) is 6.89. The molecule has 0 atom stereocenters. The fourth-order valence-corrected chi connectivity index (χ4v) is 6.61. The Labute approximate surface area is 195 Å². The Morgan fingerprint density at radius 3 is 1.41 bits per heavy atom. The predicted molar refractivity (Wildman–Crippen MR) is 134 cm³/mol. The van der Waals surface area contributed by atoms with E-state index in [1.165, 1.54) is 75.3 Å². The average Bonchev–Trinajstić information content (AvgIpc) is 2.80. The van der Waals surface area contributed by atoms with Crippen LogP contribution in [0, 0.1) is 13.8 Å². The normalized spacial score (nSPS) is 18.8. The molecule has 2 N–H and O–H groups in total. The Morgan fingerprint density at radius 1 is 0.688 bits per heavy atom. The van der Waals surface area contributed by atoms with Crippen LogP contribution in [0.4, 0.5) is 0 Å². The van der Waals surface area contributed by atoms with Crippen LogP contribution in [0.15, 0.2) is 24.3 Å². The van der Waals surface area contributed by atoms with Crippen LogP contribution < -0.4 is 0 Å². The molecule has 2 nitrogen and oxygen atoms in total. The van der Waals surface area contributed by atoms with Crippen LogP contribution in [-0.2, 0) is 5.41 Å². The maximum absolute atomic E-state index is 10.8. The van der Waals surface area contributed by atoms with Gasteiger partial charge in [-0.05, 0) is 103 Å². The zero-order valence-electron chi connectivity index (χ0n) is 20.6. The molecular formula is C30H42O2. The second kappa shape index (κ2) is 9.49. The summed E-state index contributed by atoms with van der Waals surface area (Å²) >= 11 is 0. The van der Waals surface area contributed by atoms with Gasteiger partial charge in [0.2, 0.25) is 0 Å². The third-order valence-electron chi connectivity index (χ3n) is 8.73. The van der Waals surface area contributed by atoms with Crippen molar-refractivity contribution in [1.29, 1.82) is 0 Å². The van der Waals surface area contributed by atoms with E-state index in [1.807, 2.05) is 12.1 Å². The highest BCUT2D eigenvalue weighted by Gasteiger charge is 2.33. The highest BCUT2D eigenvalue weighted by molar-refractivity contribution is 5.54. The Bertz CT molecular complexity index is 872. The molecule has 2 saturated carbocycles. The smallest absolute Gasteiger partial charge is 0.119 e. The van der Waals surface area contributed by atoms with Crippen molar-refractivity contribution in [3.05, 3.63) is 57.6 Å². The van der Waals surface area contributed by atoms with E-state index in [0.717, 1.165) is 28.7 Å². The molecule has 32 heavy (non-hydrogen) atoms. The van der Waals surface area contributed by atoms with Crippen molar-refractivity contribution in [2.45, 2.75) is 116 Å². The molecule has 174 valence electrons. The number of aromatic hydroxyl groups is 2. The Balaban J connectivity index is 1.81. The molecule has 0 saturated heterocycles. The fraction of sp³-hybridized carbons (Fsp3) is 0.600. The fourth-order valence-electron chi connectivity index (χ4n) is 6.61. The van der Waals surface area contributed by atoms with Crippen molar-refractivity contribution in [2.24, 2.45) is 0 Å². The van der Waals surface area contributed by atoms with Gasteiger partial charge in [0.25, 0.3) is 0 Å². The van der Waals surface area contributed by atoms with Crippen LogP contribution in [0.2, 0.25) is 0 Å². The third kappa shape index (κ3) is 4.30. The van der Waals surface area contributed by atoms with Gasteiger partial charge in [-0.25, -0.2) is 0 Å². The molecule has 4 rings (SSSR count). The molecule has 2 fully saturated rings. The highest BCUT2D eigenvalue weighted by Crippen LogP contribution is 2.47. The van der Waals surface area contributed by atoms with Crippen molar-refractivity contribution < 1.29 is 10.2 Å². The number of rotatable bonds is 5. The monoisotopic (exact) mass is 434 g/mol. The zero-order chi connectivity index (χ0) is 22.9. The Hall–Kier alpha value is -1.96. The highest BCUT2D eigenvalue weighted by atomic mass is 16.3. The summed E-state index contributed by atoms with van der Waals surface area (Å²) in [6.07, 6.45) is 13.4. The predicted octanol–water partition coefficient (Wildman–Crippen LogP) is 8.53. The number of phenols is 2. The second-order valence-corrected chi connectivity index (χ2v) is 10.8. The van der Waals surface area contributed by atoms with Gasteiger partial charge in [0.15, 0.2) is 0 Å². The van der Waals surface area contributed by atoms with Gasteiger partial charge in [0.05, 0.1) is 0 Å². The van der Waals surface area contributed by atoms with Gasteiger partial charge in [-0.3, -0.25) is 0 Å². The summed E-state index contributed by atoms with van der Waals surface area (Å²) in [5.74, 6) is 1.90. The lowest BCUT2D eigenvalue weighted by molar-refractivity contribution is 0.410. The van der Waals surface area contributed by atoms with Gasteiger partial charge in [-0.1, -0.05) is 64.5 Å². The van der Waals surface area contributed by atoms with E-state index in [4.69, 9.17) is 0 Å². The molecular weight excluding hydrogens is 392 g/mol. The van der Waals surface area contributed by atoms with E-state index < -0.39 is 0 Å². The van der Waals surface area contributed by atoms with E-state index in [9.17, 15) is 10.2 Å². The molecule has 0 aliphatic heterocycles. The van der Waals surface area contributed by atoms with E-state index in [0.29, 0.717) is 23.3 Å². The lowest BCUT2D eigenvalue weighted by Gasteiger charge is -2.35. The third-order valence-corrected chi connectivity index (χ3v) is 8.73. The SMILES string of the molecule is CCC(C)(c1cc(C2CCCCC2)c(O)cc1C)c1cc(C2CCCCC2)c(O)cc1C.